The summed E-state index contributed by atoms with van der Waals surface area (Å²) >= 11 is 1.52. The number of amides is 1. The normalized spacial score (nSPS) is 15.2. The van der Waals surface area contributed by atoms with E-state index in [-0.39, 0.29) is 11.9 Å². The molecule has 1 amide bonds. The Morgan fingerprint density at radius 1 is 1.03 bits per heavy atom. The van der Waals surface area contributed by atoms with Crippen molar-refractivity contribution < 1.29 is 14.3 Å². The number of benzene rings is 2. The molecular weight excluding hydrogens is 512 g/mol. The number of nitrogens with zero attached hydrogens (tertiary/aromatic N) is 5. The topological polar surface area (TPSA) is 94.4 Å². The maximum Gasteiger partial charge on any atom is 0.251 e. The van der Waals surface area contributed by atoms with Crippen molar-refractivity contribution in [2.45, 2.75) is 43.8 Å². The van der Waals surface area contributed by atoms with Crippen LogP contribution in [0.4, 0.5) is 0 Å². The third-order valence-corrected chi connectivity index (χ3v) is 7.52. The summed E-state index contributed by atoms with van der Waals surface area (Å²) < 4.78 is 15.1. The molecule has 1 fully saturated rings. The summed E-state index contributed by atoms with van der Waals surface area (Å²) in [5.74, 6) is 2.30. The molecule has 0 spiro atoms. The van der Waals surface area contributed by atoms with E-state index in [2.05, 4.69) is 43.6 Å². The molecule has 39 heavy (non-hydrogen) atoms. The number of rotatable bonds is 5. The van der Waals surface area contributed by atoms with Gasteiger partial charge in [0.25, 0.3) is 5.91 Å². The fourth-order valence-corrected chi connectivity index (χ4v) is 5.50. The highest BCUT2D eigenvalue weighted by atomic mass is 32.2. The third-order valence-electron chi connectivity index (χ3n) is 6.49. The fourth-order valence-electron chi connectivity index (χ4n) is 4.44. The van der Waals surface area contributed by atoms with E-state index < -0.39 is 0 Å². The number of hydrogen-bond donors (Lipinski definition) is 1. The minimum Gasteiger partial charge on any atom is -0.496 e. The summed E-state index contributed by atoms with van der Waals surface area (Å²) in [6.45, 7) is 4.63. The van der Waals surface area contributed by atoms with E-state index in [4.69, 9.17) is 9.47 Å². The first kappa shape index (κ1) is 26.9. The van der Waals surface area contributed by atoms with Gasteiger partial charge in [-0.3, -0.25) is 14.3 Å². The summed E-state index contributed by atoms with van der Waals surface area (Å²) in [6.07, 6.45) is 8.73. The van der Waals surface area contributed by atoms with Crippen LogP contribution in [0.1, 0.15) is 40.3 Å². The van der Waals surface area contributed by atoms with Crippen LogP contribution in [0.15, 0.2) is 78.2 Å². The Morgan fingerprint density at radius 3 is 2.56 bits per heavy atom. The highest BCUT2D eigenvalue weighted by molar-refractivity contribution is 7.97. The van der Waals surface area contributed by atoms with E-state index in [1.54, 1.807) is 31.8 Å². The molecule has 0 aliphatic carbocycles. The lowest BCUT2D eigenvalue weighted by Crippen LogP contribution is -2.38. The van der Waals surface area contributed by atoms with Crippen LogP contribution in [-0.2, 0) is 17.8 Å². The Balaban J connectivity index is 0.000000384. The molecule has 202 valence electrons. The minimum absolute atomic E-state index is 0.0796. The van der Waals surface area contributed by atoms with Gasteiger partial charge in [0.2, 0.25) is 0 Å². The van der Waals surface area contributed by atoms with Crippen LogP contribution in [-0.4, -0.2) is 56.1 Å². The van der Waals surface area contributed by atoms with Gasteiger partial charge in [-0.25, -0.2) is 14.3 Å². The molecule has 1 N–H and O–H groups in total. The molecule has 0 radical (unpaired) electrons. The standard InChI is InChI=1S/C22H24N6O3S.C7H8/c1-30-18-3-2-15(22(29)26-16-4-10-31-11-5-16)12-19(18)32-27-13-17-21(25-7-6-23-17)28-9-8-24-20(28)14-27;1-7-5-3-2-4-6-7/h2-3,6-9,12,16H,4-5,10-11,13-14H2,1H3,(H,26,29);2-6H,1H3. The molecule has 6 rings (SSSR count). The highest BCUT2D eigenvalue weighted by Crippen LogP contribution is 2.36. The Bertz CT molecular complexity index is 1390. The van der Waals surface area contributed by atoms with Crippen LogP contribution in [0.3, 0.4) is 0 Å². The van der Waals surface area contributed by atoms with Gasteiger partial charge in [-0.2, -0.15) is 0 Å². The molecule has 1 saturated heterocycles. The number of imidazole rings is 1. The lowest BCUT2D eigenvalue weighted by atomic mass is 10.1. The highest BCUT2D eigenvalue weighted by Gasteiger charge is 2.24. The first-order valence-corrected chi connectivity index (χ1v) is 13.7. The van der Waals surface area contributed by atoms with Gasteiger partial charge in [0.1, 0.15) is 11.6 Å². The quantitative estimate of drug-likeness (QED) is 0.365. The van der Waals surface area contributed by atoms with Gasteiger partial charge in [-0.05, 0) is 49.9 Å². The fraction of sp³-hybridized carbons (Fsp3) is 0.310. The zero-order valence-corrected chi connectivity index (χ0v) is 22.9. The van der Waals surface area contributed by atoms with Crippen LogP contribution < -0.4 is 10.1 Å². The molecule has 2 aliphatic heterocycles. The van der Waals surface area contributed by atoms with Gasteiger partial charge >= 0.3 is 0 Å². The van der Waals surface area contributed by atoms with Crippen molar-refractivity contribution in [3.8, 4) is 11.6 Å². The predicted octanol–water partition coefficient (Wildman–Crippen LogP) is 4.60. The van der Waals surface area contributed by atoms with Crippen LogP contribution in [0.2, 0.25) is 0 Å². The molecule has 0 unspecified atom stereocenters. The largest absolute Gasteiger partial charge is 0.496 e. The Kier molecular flexibility index (Phi) is 8.87. The number of ether oxygens (including phenoxy) is 2. The summed E-state index contributed by atoms with van der Waals surface area (Å²) in [4.78, 5) is 27.2. The van der Waals surface area contributed by atoms with Crippen molar-refractivity contribution in [3.63, 3.8) is 0 Å². The van der Waals surface area contributed by atoms with E-state index in [9.17, 15) is 4.79 Å². The van der Waals surface area contributed by atoms with E-state index >= 15 is 0 Å². The van der Waals surface area contributed by atoms with Gasteiger partial charge in [0, 0.05) is 49.6 Å². The molecule has 0 saturated carbocycles. The molecule has 4 heterocycles. The van der Waals surface area contributed by atoms with Crippen LogP contribution >= 0.6 is 11.9 Å². The molecule has 2 aliphatic rings. The number of aryl methyl sites for hydroxylation is 1. The van der Waals surface area contributed by atoms with Gasteiger partial charge in [0.15, 0.2) is 5.82 Å². The number of fused-ring (bicyclic) bond motifs is 3. The van der Waals surface area contributed by atoms with Crippen molar-refractivity contribution >= 4 is 17.9 Å². The Morgan fingerprint density at radius 2 is 1.82 bits per heavy atom. The predicted molar refractivity (Wildman–Crippen MR) is 150 cm³/mol. The number of aromatic nitrogens is 4. The third kappa shape index (κ3) is 6.83. The summed E-state index contributed by atoms with van der Waals surface area (Å²) in [7, 11) is 1.64. The first-order chi connectivity index (χ1) is 19.1. The average Bonchev–Trinajstić information content (AvgIpc) is 3.36. The van der Waals surface area contributed by atoms with Gasteiger partial charge in [-0.1, -0.05) is 35.9 Å². The van der Waals surface area contributed by atoms with E-state index in [0.717, 1.165) is 35.1 Å². The molecule has 10 heteroatoms. The second-order valence-electron chi connectivity index (χ2n) is 9.31. The molecule has 4 aromatic rings. The van der Waals surface area contributed by atoms with Crippen molar-refractivity contribution in [1.29, 1.82) is 0 Å². The smallest absolute Gasteiger partial charge is 0.251 e. The van der Waals surface area contributed by atoms with Gasteiger partial charge < -0.3 is 14.8 Å². The monoisotopic (exact) mass is 544 g/mol. The van der Waals surface area contributed by atoms with Crippen molar-refractivity contribution in [2.75, 3.05) is 20.3 Å². The van der Waals surface area contributed by atoms with Crippen molar-refractivity contribution in [2.24, 2.45) is 0 Å². The van der Waals surface area contributed by atoms with E-state index in [0.29, 0.717) is 37.6 Å². The summed E-state index contributed by atoms with van der Waals surface area (Å²) in [5.41, 5.74) is 2.79. The number of carbonyl (C=O) groups is 1. The number of nitrogens with one attached hydrogen (secondary N) is 1. The lowest BCUT2D eigenvalue weighted by molar-refractivity contribution is 0.0696. The minimum atomic E-state index is -0.0796. The molecule has 0 atom stereocenters. The Labute approximate surface area is 232 Å². The number of carbonyl (C=O) groups excluding carboxylic acids is 1. The van der Waals surface area contributed by atoms with Crippen LogP contribution in [0.5, 0.6) is 5.75 Å². The molecule has 0 bridgehead atoms. The maximum absolute atomic E-state index is 12.9. The second-order valence-corrected chi connectivity index (χ2v) is 10.4. The number of hydrogen-bond acceptors (Lipinski definition) is 8. The van der Waals surface area contributed by atoms with Gasteiger partial charge in [-0.15, -0.1) is 0 Å². The molecule has 2 aromatic carbocycles. The van der Waals surface area contributed by atoms with Crippen molar-refractivity contribution in [3.05, 3.63) is 96.0 Å². The molecular formula is C29H32N6O3S. The molecule has 2 aromatic heterocycles. The molecule has 9 nitrogen and oxygen atoms in total. The maximum atomic E-state index is 12.9. The zero-order valence-electron chi connectivity index (χ0n) is 22.1. The van der Waals surface area contributed by atoms with E-state index in [1.807, 2.05) is 41.1 Å². The SMILES string of the molecule is COc1ccc(C(=O)NC2CCOCC2)cc1SN1Cc2nccnc2-n2ccnc2C1.Cc1ccccc1. The van der Waals surface area contributed by atoms with Gasteiger partial charge in [0.05, 0.1) is 30.8 Å². The first-order valence-electron chi connectivity index (χ1n) is 12.9. The average molecular weight is 545 g/mol. The zero-order chi connectivity index (χ0) is 27.0. The Hall–Kier alpha value is -3.73. The van der Waals surface area contributed by atoms with Crippen LogP contribution in [0, 0.1) is 6.92 Å². The van der Waals surface area contributed by atoms with E-state index in [1.165, 1.54) is 17.5 Å². The summed E-state index contributed by atoms with van der Waals surface area (Å²) in [6, 6.07) is 15.9. The van der Waals surface area contributed by atoms with Crippen molar-refractivity contribution in [1.82, 2.24) is 29.1 Å². The van der Waals surface area contributed by atoms with Crippen LogP contribution in [0.25, 0.3) is 5.82 Å². The second kappa shape index (κ2) is 12.9. The summed E-state index contributed by atoms with van der Waals surface area (Å²) in [5, 5.41) is 3.12. The lowest BCUT2D eigenvalue weighted by Gasteiger charge is -2.23. The number of methoxy groups -OCH3 is 1.